The molecule has 0 aliphatic carbocycles. The molecular weight excluding hydrogens is 330 g/mol. The van der Waals surface area contributed by atoms with Gasteiger partial charge in [0.05, 0.1) is 30.1 Å². The number of rotatable bonds is 4. The van der Waals surface area contributed by atoms with E-state index in [1.807, 2.05) is 6.07 Å². The van der Waals surface area contributed by atoms with E-state index < -0.39 is 0 Å². The molecule has 8 heteroatoms. The van der Waals surface area contributed by atoms with Crippen molar-refractivity contribution in [1.82, 2.24) is 15.0 Å². The summed E-state index contributed by atoms with van der Waals surface area (Å²) in [7, 11) is 1.57. The van der Waals surface area contributed by atoms with Gasteiger partial charge in [-0.05, 0) is 6.07 Å². The number of anilines is 1. The van der Waals surface area contributed by atoms with Crippen molar-refractivity contribution in [2.45, 2.75) is 18.9 Å². The van der Waals surface area contributed by atoms with Crippen molar-refractivity contribution >= 4 is 17.4 Å². The highest BCUT2D eigenvalue weighted by Gasteiger charge is 2.23. The van der Waals surface area contributed by atoms with Crippen LogP contribution in [-0.2, 0) is 0 Å². The van der Waals surface area contributed by atoms with E-state index in [1.54, 1.807) is 25.6 Å². The topological polar surface area (TPSA) is 84.2 Å². The molecule has 0 bridgehead atoms. The lowest BCUT2D eigenvalue weighted by Gasteiger charge is -2.32. The van der Waals surface area contributed by atoms with Gasteiger partial charge in [0.15, 0.2) is 5.75 Å². The van der Waals surface area contributed by atoms with Crippen molar-refractivity contribution in [1.29, 1.82) is 5.26 Å². The molecule has 0 atom stereocenters. The van der Waals surface area contributed by atoms with Crippen molar-refractivity contribution in [3.8, 4) is 17.8 Å². The maximum Gasteiger partial charge on any atom is 0.316 e. The quantitative estimate of drug-likeness (QED) is 0.841. The Hall–Kier alpha value is -2.59. The third-order valence-electron chi connectivity index (χ3n) is 3.80. The number of nitriles is 1. The zero-order chi connectivity index (χ0) is 16.9. The Balaban J connectivity index is 1.58. The number of ether oxygens (including phenoxy) is 2. The molecule has 0 spiro atoms. The fourth-order valence-corrected chi connectivity index (χ4v) is 2.82. The lowest BCUT2D eigenvalue weighted by Crippen LogP contribution is -2.39. The van der Waals surface area contributed by atoms with Crippen LogP contribution in [0.4, 0.5) is 5.82 Å². The normalized spacial score (nSPS) is 15.0. The Kier molecular flexibility index (Phi) is 4.96. The highest BCUT2D eigenvalue weighted by molar-refractivity contribution is 6.33. The maximum absolute atomic E-state index is 8.87. The lowest BCUT2D eigenvalue weighted by atomic mass is 10.1. The molecule has 3 heterocycles. The Morgan fingerprint density at radius 3 is 2.50 bits per heavy atom. The second kappa shape index (κ2) is 7.32. The van der Waals surface area contributed by atoms with Crippen LogP contribution in [0.3, 0.4) is 0 Å². The van der Waals surface area contributed by atoms with Crippen LogP contribution in [0.1, 0.15) is 18.4 Å². The molecule has 1 saturated heterocycles. The molecule has 1 aliphatic rings. The number of pyridine rings is 1. The van der Waals surface area contributed by atoms with Gasteiger partial charge in [-0.2, -0.15) is 15.2 Å². The molecule has 0 aromatic carbocycles. The average Bonchev–Trinajstić information content (AvgIpc) is 2.63. The number of hydrogen-bond donors (Lipinski definition) is 0. The zero-order valence-electron chi connectivity index (χ0n) is 13.1. The summed E-state index contributed by atoms with van der Waals surface area (Å²) >= 11 is 6.22. The molecule has 124 valence electrons. The second-order valence-electron chi connectivity index (χ2n) is 5.35. The van der Waals surface area contributed by atoms with E-state index in [9.17, 15) is 0 Å². The number of methoxy groups -OCH3 is 1. The van der Waals surface area contributed by atoms with Crippen LogP contribution in [0.25, 0.3) is 0 Å². The van der Waals surface area contributed by atoms with Gasteiger partial charge in [-0.3, -0.25) is 0 Å². The largest absolute Gasteiger partial charge is 0.494 e. The van der Waals surface area contributed by atoms with E-state index in [0.717, 1.165) is 25.9 Å². The first-order valence-corrected chi connectivity index (χ1v) is 7.90. The van der Waals surface area contributed by atoms with Crippen LogP contribution in [0.5, 0.6) is 11.8 Å². The van der Waals surface area contributed by atoms with Gasteiger partial charge in [-0.25, -0.2) is 4.98 Å². The predicted octanol–water partition coefficient (Wildman–Crippen LogP) is 2.45. The molecule has 2 aromatic heterocycles. The van der Waals surface area contributed by atoms with E-state index in [-0.39, 0.29) is 6.10 Å². The second-order valence-corrected chi connectivity index (χ2v) is 5.76. The molecule has 3 rings (SSSR count). The Morgan fingerprint density at radius 2 is 1.92 bits per heavy atom. The Bertz CT molecular complexity index is 739. The molecule has 0 unspecified atom stereocenters. The Labute approximate surface area is 144 Å². The average molecular weight is 346 g/mol. The monoisotopic (exact) mass is 345 g/mol. The summed E-state index contributed by atoms with van der Waals surface area (Å²) < 4.78 is 10.8. The first-order chi connectivity index (χ1) is 11.7. The number of aromatic nitrogens is 3. The minimum absolute atomic E-state index is 0.0480. The molecule has 7 nitrogen and oxygen atoms in total. The highest BCUT2D eigenvalue weighted by Crippen LogP contribution is 2.27. The van der Waals surface area contributed by atoms with E-state index in [2.05, 4.69) is 19.9 Å². The zero-order valence-corrected chi connectivity index (χ0v) is 13.9. The summed E-state index contributed by atoms with van der Waals surface area (Å²) in [5.74, 6) is 1.30. The fraction of sp³-hybridized carbons (Fsp3) is 0.375. The molecule has 24 heavy (non-hydrogen) atoms. The fourth-order valence-electron chi connectivity index (χ4n) is 2.53. The van der Waals surface area contributed by atoms with Gasteiger partial charge in [0.1, 0.15) is 18.0 Å². The first kappa shape index (κ1) is 16.3. The van der Waals surface area contributed by atoms with Crippen LogP contribution >= 0.6 is 11.6 Å². The van der Waals surface area contributed by atoms with E-state index in [1.165, 1.54) is 6.20 Å². The first-order valence-electron chi connectivity index (χ1n) is 7.53. The third-order valence-corrected chi connectivity index (χ3v) is 4.08. The summed E-state index contributed by atoms with van der Waals surface area (Å²) in [4.78, 5) is 14.6. The van der Waals surface area contributed by atoms with Gasteiger partial charge in [-0.15, -0.1) is 0 Å². The number of hydrogen-bond acceptors (Lipinski definition) is 7. The summed E-state index contributed by atoms with van der Waals surface area (Å²) in [6.07, 6.45) is 6.37. The van der Waals surface area contributed by atoms with Crippen molar-refractivity contribution in [3.63, 3.8) is 0 Å². The van der Waals surface area contributed by atoms with Crippen LogP contribution in [0, 0.1) is 11.3 Å². The van der Waals surface area contributed by atoms with Crippen molar-refractivity contribution in [2.24, 2.45) is 0 Å². The van der Waals surface area contributed by atoms with Gasteiger partial charge in [0, 0.05) is 32.1 Å². The van der Waals surface area contributed by atoms with Gasteiger partial charge in [0.2, 0.25) is 0 Å². The number of piperidine rings is 1. The summed E-state index contributed by atoms with van der Waals surface area (Å²) in [6.45, 7) is 1.53. The van der Waals surface area contributed by atoms with E-state index >= 15 is 0 Å². The van der Waals surface area contributed by atoms with Crippen LogP contribution in [0.2, 0.25) is 5.02 Å². The third kappa shape index (κ3) is 3.66. The van der Waals surface area contributed by atoms with Gasteiger partial charge in [-0.1, -0.05) is 11.6 Å². The van der Waals surface area contributed by atoms with Gasteiger partial charge < -0.3 is 14.4 Å². The van der Waals surface area contributed by atoms with Crippen molar-refractivity contribution < 1.29 is 9.47 Å². The molecule has 1 aliphatic heterocycles. The van der Waals surface area contributed by atoms with Crippen LogP contribution in [-0.4, -0.2) is 41.3 Å². The van der Waals surface area contributed by atoms with Gasteiger partial charge >= 0.3 is 6.01 Å². The smallest absolute Gasteiger partial charge is 0.316 e. The molecule has 0 N–H and O–H groups in total. The minimum Gasteiger partial charge on any atom is -0.494 e. The predicted molar refractivity (Wildman–Crippen MR) is 88.4 cm³/mol. The molecule has 1 fully saturated rings. The van der Waals surface area contributed by atoms with Crippen LogP contribution < -0.4 is 14.4 Å². The summed E-state index contributed by atoms with van der Waals surface area (Å²) in [5.41, 5.74) is 0.457. The van der Waals surface area contributed by atoms with Crippen LogP contribution in [0.15, 0.2) is 24.7 Å². The molecule has 0 amide bonds. The lowest BCUT2D eigenvalue weighted by molar-refractivity contribution is 0.156. The SMILES string of the molecule is COc1cnc(OC2CCN(c3ncc(C#N)cc3Cl)CC2)nc1. The van der Waals surface area contributed by atoms with Crippen molar-refractivity contribution in [2.75, 3.05) is 25.1 Å². The summed E-state index contributed by atoms with van der Waals surface area (Å²) in [6, 6.07) is 4.02. The summed E-state index contributed by atoms with van der Waals surface area (Å²) in [5, 5.41) is 9.37. The molecule has 0 radical (unpaired) electrons. The number of nitrogens with zero attached hydrogens (tertiary/aromatic N) is 5. The van der Waals surface area contributed by atoms with Crippen molar-refractivity contribution in [3.05, 3.63) is 35.2 Å². The standard InChI is InChI=1S/C16H16ClN5O2/c1-23-13-9-20-16(21-10-13)24-12-2-4-22(5-3-12)15-14(17)6-11(7-18)8-19-15/h6,8-10,12H,2-5H2,1H3. The highest BCUT2D eigenvalue weighted by atomic mass is 35.5. The van der Waals surface area contributed by atoms with Gasteiger partial charge in [0.25, 0.3) is 0 Å². The van der Waals surface area contributed by atoms with E-state index in [4.69, 9.17) is 26.3 Å². The molecule has 2 aromatic rings. The Morgan fingerprint density at radius 1 is 1.21 bits per heavy atom. The minimum atomic E-state index is 0.0480. The maximum atomic E-state index is 8.87. The number of halogens is 1. The molecule has 0 saturated carbocycles. The van der Waals surface area contributed by atoms with E-state index in [0.29, 0.717) is 28.2 Å². The molecular formula is C16H16ClN5O2.